The summed E-state index contributed by atoms with van der Waals surface area (Å²) in [5, 5.41) is 9.21. The van der Waals surface area contributed by atoms with Crippen molar-refractivity contribution in [2.45, 2.75) is 51.8 Å². The molecule has 0 N–H and O–H groups in total. The van der Waals surface area contributed by atoms with Crippen molar-refractivity contribution in [1.82, 2.24) is 43.8 Å². The molecule has 1 aliphatic rings. The van der Waals surface area contributed by atoms with Gasteiger partial charge in [0.1, 0.15) is 11.1 Å². The molecule has 6 rings (SSSR count). The third-order valence-corrected chi connectivity index (χ3v) is 6.60. The average molecular weight is 500 g/mol. The molecule has 0 atom stereocenters. The zero-order chi connectivity index (χ0) is 25.6. The normalized spacial score (nSPS) is 15.1. The second-order valence-corrected chi connectivity index (χ2v) is 10.4. The van der Waals surface area contributed by atoms with Crippen LogP contribution in [-0.4, -0.2) is 68.6 Å². The van der Waals surface area contributed by atoms with Gasteiger partial charge in [-0.05, 0) is 45.7 Å². The van der Waals surface area contributed by atoms with Crippen molar-refractivity contribution >= 4 is 22.9 Å². The maximum Gasteiger partial charge on any atom is 0.410 e. The molecule has 0 saturated carbocycles. The molecule has 0 unspecified atom stereocenters. The summed E-state index contributed by atoms with van der Waals surface area (Å²) >= 11 is 0. The highest BCUT2D eigenvalue weighted by Gasteiger charge is 2.28. The first-order valence-corrected chi connectivity index (χ1v) is 12.4. The van der Waals surface area contributed by atoms with Gasteiger partial charge >= 0.3 is 6.09 Å². The van der Waals surface area contributed by atoms with Gasteiger partial charge in [0.05, 0.1) is 42.4 Å². The summed E-state index contributed by atoms with van der Waals surface area (Å²) in [6.07, 6.45) is 14.5. The lowest BCUT2D eigenvalue weighted by atomic mass is 10.1. The van der Waals surface area contributed by atoms with Gasteiger partial charge in [0.2, 0.25) is 5.78 Å². The second kappa shape index (κ2) is 8.99. The number of fused-ring (bicyclic) bond motifs is 2. The highest BCUT2D eigenvalue weighted by molar-refractivity contribution is 5.80. The first-order valence-electron chi connectivity index (χ1n) is 12.4. The number of amides is 1. The van der Waals surface area contributed by atoms with Crippen molar-refractivity contribution in [1.29, 1.82) is 0 Å². The summed E-state index contributed by atoms with van der Waals surface area (Å²) in [4.78, 5) is 27.5. The van der Waals surface area contributed by atoms with Crippen LogP contribution in [0.25, 0.3) is 27.9 Å². The maximum atomic E-state index is 12.4. The fraction of sp³-hybridized carbons (Fsp3) is 0.385. The molecule has 6 heterocycles. The van der Waals surface area contributed by atoms with E-state index in [4.69, 9.17) is 4.74 Å². The monoisotopic (exact) mass is 499 g/mol. The van der Waals surface area contributed by atoms with Gasteiger partial charge in [-0.15, -0.1) is 0 Å². The van der Waals surface area contributed by atoms with E-state index in [-0.39, 0.29) is 12.1 Å². The van der Waals surface area contributed by atoms with Crippen LogP contribution >= 0.6 is 0 Å². The molecule has 0 spiro atoms. The molecule has 1 saturated heterocycles. The predicted octanol–water partition coefficient (Wildman–Crippen LogP) is 3.96. The lowest BCUT2D eigenvalue weighted by Gasteiger charge is -2.33. The molecule has 0 aromatic carbocycles. The van der Waals surface area contributed by atoms with E-state index < -0.39 is 5.60 Å². The summed E-state index contributed by atoms with van der Waals surface area (Å²) in [5.74, 6) is 0.664. The Bertz CT molecular complexity index is 1570. The molecule has 0 radical (unpaired) electrons. The van der Waals surface area contributed by atoms with Gasteiger partial charge in [-0.3, -0.25) is 18.7 Å². The van der Waals surface area contributed by atoms with E-state index >= 15 is 0 Å². The molecule has 11 nitrogen and oxygen atoms in total. The number of hydrogen-bond acceptors (Lipinski definition) is 7. The van der Waals surface area contributed by atoms with Crippen LogP contribution in [0.4, 0.5) is 4.79 Å². The van der Waals surface area contributed by atoms with Crippen LogP contribution in [0, 0.1) is 0 Å². The third-order valence-electron chi connectivity index (χ3n) is 6.60. The number of piperidine rings is 1. The van der Waals surface area contributed by atoms with Gasteiger partial charge in [0.15, 0.2) is 0 Å². The lowest BCUT2D eigenvalue weighted by Crippen LogP contribution is -2.42. The Balaban J connectivity index is 1.18. The average Bonchev–Trinajstić information content (AvgIpc) is 3.62. The fourth-order valence-electron chi connectivity index (χ4n) is 4.71. The van der Waals surface area contributed by atoms with Crippen LogP contribution in [0.15, 0.2) is 55.5 Å². The number of carbonyl (C=O) groups is 1. The summed E-state index contributed by atoms with van der Waals surface area (Å²) < 4.78 is 11.4. The van der Waals surface area contributed by atoms with Crippen molar-refractivity contribution in [2.75, 3.05) is 13.1 Å². The molecular formula is C26H29N9O2. The first kappa shape index (κ1) is 23.1. The van der Waals surface area contributed by atoms with Gasteiger partial charge in [-0.1, -0.05) is 0 Å². The smallest absolute Gasteiger partial charge is 0.410 e. The fourth-order valence-corrected chi connectivity index (χ4v) is 4.71. The van der Waals surface area contributed by atoms with Gasteiger partial charge < -0.3 is 9.64 Å². The van der Waals surface area contributed by atoms with Gasteiger partial charge in [0.25, 0.3) is 0 Å². The minimum absolute atomic E-state index is 0.235. The summed E-state index contributed by atoms with van der Waals surface area (Å²) in [6.45, 7) is 7.52. The van der Waals surface area contributed by atoms with E-state index in [2.05, 4.69) is 37.4 Å². The number of imidazole rings is 1. The van der Waals surface area contributed by atoms with Crippen LogP contribution in [0.5, 0.6) is 0 Å². The molecule has 1 amide bonds. The molecule has 37 heavy (non-hydrogen) atoms. The molecule has 1 aliphatic heterocycles. The number of hydrogen-bond donors (Lipinski definition) is 0. The van der Waals surface area contributed by atoms with E-state index in [1.165, 1.54) is 0 Å². The maximum absolute atomic E-state index is 12.4. The van der Waals surface area contributed by atoms with E-state index in [1.807, 2.05) is 65.4 Å². The Hall–Kier alpha value is -4.28. The predicted molar refractivity (Wildman–Crippen MR) is 137 cm³/mol. The number of nitrogens with zero attached hydrogens (tertiary/aromatic N) is 9. The topological polar surface area (TPSA) is 108 Å². The number of aromatic nitrogens is 8. The van der Waals surface area contributed by atoms with Crippen molar-refractivity contribution in [3.63, 3.8) is 0 Å². The standard InChI is InChI=1S/C26H29N9O2/c1-26(2,3)37-25(36)32-9-5-20(6-10-32)34-16-19(13-30-34)18-11-23-22(28-12-18)15-31-35(23)17-21-14-29-24-27-7-4-8-33(21)24/h4,7-8,11-16,20H,5-6,9-10,17H2,1-3H3. The van der Waals surface area contributed by atoms with Crippen molar-refractivity contribution in [3.8, 4) is 11.1 Å². The van der Waals surface area contributed by atoms with Crippen LogP contribution in [0.1, 0.15) is 45.3 Å². The van der Waals surface area contributed by atoms with Crippen LogP contribution < -0.4 is 0 Å². The van der Waals surface area contributed by atoms with Crippen molar-refractivity contribution < 1.29 is 9.53 Å². The zero-order valence-corrected chi connectivity index (χ0v) is 21.2. The Morgan fingerprint density at radius 3 is 2.68 bits per heavy atom. The third kappa shape index (κ3) is 4.64. The second-order valence-electron chi connectivity index (χ2n) is 10.4. The van der Waals surface area contributed by atoms with Gasteiger partial charge in [-0.2, -0.15) is 10.2 Å². The minimum atomic E-state index is -0.487. The highest BCUT2D eigenvalue weighted by Crippen LogP contribution is 2.27. The minimum Gasteiger partial charge on any atom is -0.444 e. The van der Waals surface area contributed by atoms with E-state index in [1.54, 1.807) is 17.3 Å². The summed E-state index contributed by atoms with van der Waals surface area (Å²) in [6, 6.07) is 4.22. The van der Waals surface area contributed by atoms with Gasteiger partial charge in [0, 0.05) is 49.0 Å². The summed E-state index contributed by atoms with van der Waals surface area (Å²) in [7, 11) is 0. The molecule has 5 aromatic heterocycles. The van der Waals surface area contributed by atoms with Crippen LogP contribution in [-0.2, 0) is 11.3 Å². The molecule has 1 fully saturated rings. The molecule has 0 bridgehead atoms. The SMILES string of the molecule is CC(C)(C)OC(=O)N1CCC(n2cc(-c3cnc4cnn(Cc5cnc6ncccn56)c4c3)cn2)CC1. The highest BCUT2D eigenvalue weighted by atomic mass is 16.6. The zero-order valence-electron chi connectivity index (χ0n) is 21.2. The Morgan fingerprint density at radius 2 is 1.86 bits per heavy atom. The van der Waals surface area contributed by atoms with E-state index in [0.29, 0.717) is 25.4 Å². The Morgan fingerprint density at radius 1 is 1.03 bits per heavy atom. The van der Waals surface area contributed by atoms with Gasteiger partial charge in [-0.25, -0.2) is 14.8 Å². The first-order chi connectivity index (χ1) is 17.8. The van der Waals surface area contributed by atoms with Crippen LogP contribution in [0.3, 0.4) is 0 Å². The number of ether oxygens (including phenoxy) is 1. The number of rotatable bonds is 4. The molecule has 5 aromatic rings. The number of likely N-dealkylation sites (tertiary alicyclic amines) is 1. The Kier molecular flexibility index (Phi) is 5.62. The number of carbonyl (C=O) groups excluding carboxylic acids is 1. The number of pyridine rings is 1. The lowest BCUT2D eigenvalue weighted by molar-refractivity contribution is 0.0185. The Labute approximate surface area is 213 Å². The largest absolute Gasteiger partial charge is 0.444 e. The summed E-state index contributed by atoms with van der Waals surface area (Å²) in [5.41, 5.74) is 4.25. The van der Waals surface area contributed by atoms with Crippen LogP contribution in [0.2, 0.25) is 0 Å². The molecular weight excluding hydrogens is 470 g/mol. The molecule has 11 heteroatoms. The molecule has 190 valence electrons. The van der Waals surface area contributed by atoms with E-state index in [0.717, 1.165) is 40.7 Å². The molecule has 0 aliphatic carbocycles. The van der Waals surface area contributed by atoms with Crippen molar-refractivity contribution in [2.24, 2.45) is 0 Å². The van der Waals surface area contributed by atoms with Crippen molar-refractivity contribution in [3.05, 3.63) is 61.2 Å². The quantitative estimate of drug-likeness (QED) is 0.368. The van der Waals surface area contributed by atoms with E-state index in [9.17, 15) is 4.79 Å².